The van der Waals surface area contributed by atoms with Crippen LogP contribution in [0.25, 0.3) is 0 Å². The smallest absolute Gasteiger partial charge is 0.328 e. The Morgan fingerprint density at radius 1 is 0.829 bits per heavy atom. The van der Waals surface area contributed by atoms with Crippen LogP contribution in [-0.4, -0.2) is 60.4 Å². The van der Waals surface area contributed by atoms with Crippen molar-refractivity contribution in [2.45, 2.75) is 25.2 Å². The lowest BCUT2D eigenvalue weighted by Crippen LogP contribution is -2.36. The van der Waals surface area contributed by atoms with E-state index in [1.807, 2.05) is 48.5 Å². The largest absolute Gasteiger partial charge is 0.497 e. The molecule has 1 aliphatic heterocycles. The van der Waals surface area contributed by atoms with Crippen molar-refractivity contribution in [1.29, 1.82) is 0 Å². The molecule has 1 aliphatic rings. The van der Waals surface area contributed by atoms with Crippen LogP contribution in [0.2, 0.25) is 0 Å². The average molecular weight is 568 g/mol. The van der Waals surface area contributed by atoms with Crippen LogP contribution in [0.3, 0.4) is 0 Å². The number of aliphatic carboxylic acids is 2. The average Bonchev–Trinajstić information content (AvgIpc) is 2.98. The first-order valence-corrected chi connectivity index (χ1v) is 13.4. The minimum absolute atomic E-state index is 0.145. The third kappa shape index (κ3) is 10.7. The first-order chi connectivity index (χ1) is 19.7. The van der Waals surface area contributed by atoms with E-state index in [0.29, 0.717) is 24.7 Å². The van der Waals surface area contributed by atoms with Gasteiger partial charge in [-0.1, -0.05) is 24.3 Å². The van der Waals surface area contributed by atoms with Crippen LogP contribution in [0.15, 0.2) is 84.9 Å². The summed E-state index contributed by atoms with van der Waals surface area (Å²) in [5.74, 6) is -0.716. The van der Waals surface area contributed by atoms with Crippen LogP contribution in [0, 0.1) is 17.6 Å². The fraction of sp³-hybridized carbons (Fsp3) is 0.312. The SMILES string of the molecule is COc1ccc(OCCCN2CCC(C(c3ccc(F)cc3)c3ccc(F)cc3)CC2)cc1.O=C(O)/C=C/C(=O)O. The highest BCUT2D eigenvalue weighted by molar-refractivity contribution is 5.89. The van der Waals surface area contributed by atoms with Gasteiger partial charge in [-0.15, -0.1) is 0 Å². The first kappa shape index (κ1) is 31.3. The summed E-state index contributed by atoms with van der Waals surface area (Å²) in [7, 11) is 1.65. The summed E-state index contributed by atoms with van der Waals surface area (Å²) in [6, 6.07) is 21.2. The summed E-state index contributed by atoms with van der Waals surface area (Å²) in [5.41, 5.74) is 2.18. The van der Waals surface area contributed by atoms with Crippen LogP contribution >= 0.6 is 0 Å². The highest BCUT2D eigenvalue weighted by Crippen LogP contribution is 2.38. The molecule has 2 N–H and O–H groups in total. The van der Waals surface area contributed by atoms with Gasteiger partial charge in [0.05, 0.1) is 13.7 Å². The van der Waals surface area contributed by atoms with E-state index >= 15 is 0 Å². The summed E-state index contributed by atoms with van der Waals surface area (Å²) < 4.78 is 38.1. The maximum atomic E-state index is 13.5. The van der Waals surface area contributed by atoms with Gasteiger partial charge in [-0.05, 0) is 97.9 Å². The Morgan fingerprint density at radius 2 is 1.29 bits per heavy atom. The number of halogens is 2. The fourth-order valence-electron chi connectivity index (χ4n) is 4.88. The van der Waals surface area contributed by atoms with E-state index in [2.05, 4.69) is 4.90 Å². The van der Waals surface area contributed by atoms with Crippen molar-refractivity contribution < 1.29 is 38.1 Å². The maximum absolute atomic E-state index is 13.5. The van der Waals surface area contributed by atoms with E-state index in [-0.39, 0.29) is 17.6 Å². The number of carboxylic acid groups (broad SMARTS) is 2. The number of methoxy groups -OCH3 is 1. The zero-order valence-corrected chi connectivity index (χ0v) is 22.9. The molecule has 0 amide bonds. The van der Waals surface area contributed by atoms with E-state index < -0.39 is 11.9 Å². The molecule has 9 heteroatoms. The van der Waals surface area contributed by atoms with Gasteiger partial charge >= 0.3 is 11.9 Å². The molecule has 0 unspecified atom stereocenters. The third-order valence-electron chi connectivity index (χ3n) is 6.88. The molecule has 218 valence electrons. The lowest BCUT2D eigenvalue weighted by atomic mass is 9.76. The molecular weight excluding hydrogens is 532 g/mol. The fourth-order valence-corrected chi connectivity index (χ4v) is 4.88. The normalized spacial score (nSPS) is 14.0. The molecule has 1 saturated heterocycles. The van der Waals surface area contributed by atoms with Crippen molar-refractivity contribution in [2.24, 2.45) is 5.92 Å². The number of carbonyl (C=O) groups is 2. The standard InChI is InChI=1S/C28H31F2NO2.C4H4O4/c1-32-26-11-13-27(14-12-26)33-20-2-17-31-18-15-23(16-19-31)28(21-3-7-24(29)8-4-21)22-5-9-25(30)10-6-22;5-3(6)1-2-4(7)8/h3-14,23,28H,2,15-20H2,1H3;1-2H,(H,5,6)(H,7,8)/b;2-1+. The van der Waals surface area contributed by atoms with E-state index in [1.54, 1.807) is 7.11 Å². The summed E-state index contributed by atoms with van der Waals surface area (Å²) in [6.07, 6.45) is 4.19. The Morgan fingerprint density at radius 3 is 1.73 bits per heavy atom. The van der Waals surface area contributed by atoms with Gasteiger partial charge in [0.25, 0.3) is 0 Å². The third-order valence-corrected chi connectivity index (χ3v) is 6.88. The van der Waals surface area contributed by atoms with Crippen molar-refractivity contribution in [3.05, 3.63) is 108 Å². The van der Waals surface area contributed by atoms with Crippen LogP contribution in [0.4, 0.5) is 8.78 Å². The van der Waals surface area contributed by atoms with Gasteiger partial charge < -0.3 is 24.6 Å². The highest BCUT2D eigenvalue weighted by atomic mass is 19.1. The molecular formula is C32H35F2NO6. The molecule has 0 spiro atoms. The number of nitrogens with zero attached hydrogens (tertiary/aromatic N) is 1. The van der Waals surface area contributed by atoms with Gasteiger partial charge in [-0.25, -0.2) is 18.4 Å². The molecule has 0 atom stereocenters. The summed E-state index contributed by atoms with van der Waals surface area (Å²) in [6.45, 7) is 3.72. The summed E-state index contributed by atoms with van der Waals surface area (Å²) in [4.78, 5) is 21.6. The Bertz CT molecular complexity index is 1190. The minimum atomic E-state index is -1.26. The Balaban J connectivity index is 0.000000507. The number of piperidine rings is 1. The molecule has 0 aromatic heterocycles. The minimum Gasteiger partial charge on any atom is -0.497 e. The number of likely N-dealkylation sites (tertiary alicyclic amines) is 1. The van der Waals surface area contributed by atoms with Crippen molar-refractivity contribution >= 4 is 11.9 Å². The van der Waals surface area contributed by atoms with Crippen molar-refractivity contribution in [1.82, 2.24) is 4.90 Å². The van der Waals surface area contributed by atoms with Gasteiger partial charge in [0.1, 0.15) is 23.1 Å². The highest BCUT2D eigenvalue weighted by Gasteiger charge is 2.29. The van der Waals surface area contributed by atoms with Crippen molar-refractivity contribution in [3.8, 4) is 11.5 Å². The molecule has 41 heavy (non-hydrogen) atoms. The van der Waals surface area contributed by atoms with Gasteiger partial charge in [0.15, 0.2) is 0 Å². The Labute approximate surface area is 238 Å². The predicted molar refractivity (Wildman–Crippen MR) is 151 cm³/mol. The van der Waals surface area contributed by atoms with Gasteiger partial charge in [0, 0.05) is 24.6 Å². The molecule has 7 nitrogen and oxygen atoms in total. The van der Waals surface area contributed by atoms with Crippen LogP contribution in [0.5, 0.6) is 11.5 Å². The first-order valence-electron chi connectivity index (χ1n) is 13.4. The summed E-state index contributed by atoms with van der Waals surface area (Å²) in [5, 5.41) is 15.6. The number of carboxylic acids is 2. The maximum Gasteiger partial charge on any atom is 0.328 e. The van der Waals surface area contributed by atoms with E-state index in [1.165, 1.54) is 24.3 Å². The van der Waals surface area contributed by atoms with Crippen LogP contribution < -0.4 is 9.47 Å². The van der Waals surface area contributed by atoms with Crippen molar-refractivity contribution in [2.75, 3.05) is 33.4 Å². The number of rotatable bonds is 11. The van der Waals surface area contributed by atoms with Gasteiger partial charge in [-0.2, -0.15) is 0 Å². The van der Waals surface area contributed by atoms with Crippen molar-refractivity contribution in [3.63, 3.8) is 0 Å². The lowest BCUT2D eigenvalue weighted by Gasteiger charge is -2.36. The second-order valence-electron chi connectivity index (χ2n) is 9.65. The Hall–Kier alpha value is -4.24. The number of hydrogen-bond donors (Lipinski definition) is 2. The Kier molecular flexibility index (Phi) is 12.3. The number of ether oxygens (including phenoxy) is 2. The lowest BCUT2D eigenvalue weighted by molar-refractivity contribution is -0.134. The molecule has 1 heterocycles. The zero-order valence-electron chi connectivity index (χ0n) is 22.9. The second kappa shape index (κ2) is 16.1. The van der Waals surface area contributed by atoms with E-state index in [4.69, 9.17) is 19.7 Å². The van der Waals surface area contributed by atoms with E-state index in [0.717, 1.165) is 61.5 Å². The summed E-state index contributed by atoms with van der Waals surface area (Å²) >= 11 is 0. The molecule has 0 bridgehead atoms. The van der Waals surface area contributed by atoms with Crippen LogP contribution in [-0.2, 0) is 9.59 Å². The topological polar surface area (TPSA) is 96.3 Å². The molecule has 3 aromatic rings. The zero-order chi connectivity index (χ0) is 29.6. The van der Waals surface area contributed by atoms with Gasteiger partial charge in [0.2, 0.25) is 0 Å². The predicted octanol–water partition coefficient (Wildman–Crippen LogP) is 6.00. The molecule has 0 aliphatic carbocycles. The number of hydrogen-bond acceptors (Lipinski definition) is 5. The van der Waals surface area contributed by atoms with Crippen LogP contribution in [0.1, 0.15) is 36.3 Å². The molecule has 4 rings (SSSR count). The monoisotopic (exact) mass is 567 g/mol. The quantitative estimate of drug-likeness (QED) is 0.217. The van der Waals surface area contributed by atoms with E-state index in [9.17, 15) is 18.4 Å². The van der Waals surface area contributed by atoms with Gasteiger partial charge in [-0.3, -0.25) is 0 Å². The molecule has 0 saturated carbocycles. The molecule has 0 radical (unpaired) electrons. The molecule has 1 fully saturated rings. The second-order valence-corrected chi connectivity index (χ2v) is 9.65. The molecule has 3 aromatic carbocycles. The number of benzene rings is 3.